The van der Waals surface area contributed by atoms with Gasteiger partial charge in [-0.15, -0.1) is 0 Å². The van der Waals surface area contributed by atoms with Gasteiger partial charge in [-0.2, -0.15) is 5.26 Å². The minimum atomic E-state index is -1.05. The summed E-state index contributed by atoms with van der Waals surface area (Å²) in [5.41, 5.74) is 0.771. The van der Waals surface area contributed by atoms with Gasteiger partial charge >= 0.3 is 5.97 Å². The molecule has 0 aliphatic carbocycles. The number of halogens is 1. The Morgan fingerprint density at radius 1 is 1.37 bits per heavy atom. The molecule has 2 aromatic rings. The Bertz CT molecular complexity index is 682. The fourth-order valence-electron chi connectivity index (χ4n) is 1.41. The van der Waals surface area contributed by atoms with Crippen LogP contribution < -0.4 is 5.32 Å². The van der Waals surface area contributed by atoms with Gasteiger partial charge in [0.25, 0.3) is 0 Å². The van der Waals surface area contributed by atoms with Crippen molar-refractivity contribution in [2.75, 3.05) is 5.32 Å². The fourth-order valence-corrected chi connectivity index (χ4v) is 1.83. The molecule has 2 rings (SSSR count). The van der Waals surface area contributed by atoms with Crippen LogP contribution >= 0.6 is 15.9 Å². The molecule has 94 valence electrons. The summed E-state index contributed by atoms with van der Waals surface area (Å²) in [6.07, 6.45) is 2.86. The van der Waals surface area contributed by atoms with E-state index in [2.05, 4.69) is 31.2 Å². The number of aromatic nitrogens is 2. The number of carboxylic acids is 1. The fraction of sp³-hybridized carbons (Fsp3) is 0. The Hall–Kier alpha value is -2.46. The van der Waals surface area contributed by atoms with Gasteiger partial charge in [0.05, 0.1) is 5.56 Å². The van der Waals surface area contributed by atoms with Crippen molar-refractivity contribution in [3.8, 4) is 6.07 Å². The molecule has 19 heavy (non-hydrogen) atoms. The van der Waals surface area contributed by atoms with Crippen LogP contribution in [0.5, 0.6) is 0 Å². The minimum absolute atomic E-state index is 0.118. The topological polar surface area (TPSA) is 98.9 Å². The van der Waals surface area contributed by atoms with E-state index in [1.165, 1.54) is 18.5 Å². The zero-order valence-electron chi connectivity index (χ0n) is 9.46. The molecule has 2 N–H and O–H groups in total. The highest BCUT2D eigenvalue weighted by atomic mass is 79.9. The molecular weight excluding hydrogens is 312 g/mol. The summed E-state index contributed by atoms with van der Waals surface area (Å²) in [5.74, 6) is -0.765. The maximum absolute atomic E-state index is 11.0. The third-order valence-electron chi connectivity index (χ3n) is 2.26. The summed E-state index contributed by atoms with van der Waals surface area (Å²) in [4.78, 5) is 18.9. The standard InChI is InChI=1S/C12H7BrN4O2/c13-9-2-1-7(5-8(9)12(18)19)17-11-10(6-14)15-3-4-16-11/h1-5H,(H,16,17)(H,18,19). The molecule has 0 fully saturated rings. The van der Waals surface area contributed by atoms with E-state index >= 15 is 0 Å². The molecule has 1 aromatic carbocycles. The molecular formula is C12H7BrN4O2. The van der Waals surface area contributed by atoms with Crippen LogP contribution in [0.25, 0.3) is 0 Å². The predicted molar refractivity (Wildman–Crippen MR) is 71.1 cm³/mol. The van der Waals surface area contributed by atoms with E-state index in [0.717, 1.165) is 0 Å². The van der Waals surface area contributed by atoms with Crippen LogP contribution in [0.2, 0.25) is 0 Å². The number of rotatable bonds is 3. The molecule has 0 amide bonds. The van der Waals surface area contributed by atoms with Crippen molar-refractivity contribution in [2.24, 2.45) is 0 Å². The molecule has 1 aromatic heterocycles. The van der Waals surface area contributed by atoms with E-state index in [1.807, 2.05) is 6.07 Å². The molecule has 6 nitrogen and oxygen atoms in total. The zero-order valence-corrected chi connectivity index (χ0v) is 11.0. The van der Waals surface area contributed by atoms with Crippen LogP contribution in [0, 0.1) is 11.3 Å². The minimum Gasteiger partial charge on any atom is -0.478 e. The van der Waals surface area contributed by atoms with Crippen molar-refractivity contribution in [3.05, 3.63) is 46.3 Å². The highest BCUT2D eigenvalue weighted by Crippen LogP contribution is 2.23. The van der Waals surface area contributed by atoms with E-state index in [-0.39, 0.29) is 17.1 Å². The highest BCUT2D eigenvalue weighted by molar-refractivity contribution is 9.10. The Labute approximate surface area is 116 Å². The van der Waals surface area contributed by atoms with E-state index in [9.17, 15) is 4.79 Å². The lowest BCUT2D eigenvalue weighted by Gasteiger charge is -2.08. The van der Waals surface area contributed by atoms with Crippen LogP contribution in [0.1, 0.15) is 16.1 Å². The van der Waals surface area contributed by atoms with Crippen molar-refractivity contribution in [1.29, 1.82) is 5.26 Å². The molecule has 0 radical (unpaired) electrons. The van der Waals surface area contributed by atoms with Gasteiger partial charge < -0.3 is 10.4 Å². The third kappa shape index (κ3) is 2.86. The van der Waals surface area contributed by atoms with Crippen LogP contribution in [0.4, 0.5) is 11.5 Å². The lowest BCUT2D eigenvalue weighted by Crippen LogP contribution is -2.02. The van der Waals surface area contributed by atoms with Gasteiger partial charge in [0.1, 0.15) is 6.07 Å². The molecule has 1 heterocycles. The Morgan fingerprint density at radius 3 is 2.79 bits per heavy atom. The summed E-state index contributed by atoms with van der Waals surface area (Å²) < 4.78 is 0.477. The monoisotopic (exact) mass is 318 g/mol. The summed E-state index contributed by atoms with van der Waals surface area (Å²) in [6.45, 7) is 0. The summed E-state index contributed by atoms with van der Waals surface area (Å²) in [5, 5.41) is 20.8. The summed E-state index contributed by atoms with van der Waals surface area (Å²) in [7, 11) is 0. The van der Waals surface area contributed by atoms with Gasteiger partial charge in [-0.1, -0.05) is 0 Å². The van der Waals surface area contributed by atoms with Crippen LogP contribution in [-0.2, 0) is 0 Å². The maximum atomic E-state index is 11.0. The molecule has 0 bridgehead atoms. The number of benzene rings is 1. The number of carbonyl (C=O) groups is 1. The molecule has 0 unspecified atom stereocenters. The van der Waals surface area contributed by atoms with Crippen molar-refractivity contribution in [1.82, 2.24) is 9.97 Å². The van der Waals surface area contributed by atoms with E-state index in [0.29, 0.717) is 10.2 Å². The lowest BCUT2D eigenvalue weighted by molar-refractivity contribution is 0.0696. The smallest absolute Gasteiger partial charge is 0.336 e. The van der Waals surface area contributed by atoms with Crippen molar-refractivity contribution in [2.45, 2.75) is 0 Å². The van der Waals surface area contributed by atoms with Gasteiger partial charge in [0.2, 0.25) is 0 Å². The largest absolute Gasteiger partial charge is 0.478 e. The van der Waals surface area contributed by atoms with Crippen LogP contribution in [0.3, 0.4) is 0 Å². The predicted octanol–water partition coefficient (Wildman–Crippen LogP) is 2.55. The molecule has 7 heteroatoms. The molecule has 0 spiro atoms. The number of aromatic carboxylic acids is 1. The Kier molecular flexibility index (Phi) is 3.73. The molecule has 0 atom stereocenters. The van der Waals surface area contributed by atoms with Crippen molar-refractivity contribution in [3.63, 3.8) is 0 Å². The summed E-state index contributed by atoms with van der Waals surface area (Å²) >= 11 is 3.16. The second-order valence-corrected chi connectivity index (χ2v) is 4.34. The molecule has 0 saturated carbocycles. The second kappa shape index (κ2) is 5.46. The number of hydrogen-bond donors (Lipinski definition) is 2. The van der Waals surface area contributed by atoms with Crippen LogP contribution in [0.15, 0.2) is 35.1 Å². The summed E-state index contributed by atoms with van der Waals surface area (Å²) in [6, 6.07) is 6.63. The molecule has 0 saturated heterocycles. The van der Waals surface area contributed by atoms with Gasteiger partial charge in [-0.05, 0) is 34.1 Å². The first-order valence-electron chi connectivity index (χ1n) is 5.13. The van der Waals surface area contributed by atoms with E-state index in [1.54, 1.807) is 12.1 Å². The van der Waals surface area contributed by atoms with Crippen molar-refractivity contribution < 1.29 is 9.90 Å². The van der Waals surface area contributed by atoms with Gasteiger partial charge in [0.15, 0.2) is 11.5 Å². The highest BCUT2D eigenvalue weighted by Gasteiger charge is 2.10. The average molecular weight is 319 g/mol. The average Bonchev–Trinajstić information content (AvgIpc) is 2.41. The second-order valence-electron chi connectivity index (χ2n) is 3.49. The van der Waals surface area contributed by atoms with Crippen LogP contribution in [-0.4, -0.2) is 21.0 Å². The third-order valence-corrected chi connectivity index (χ3v) is 2.96. The normalized spacial score (nSPS) is 9.68. The quantitative estimate of drug-likeness (QED) is 0.902. The maximum Gasteiger partial charge on any atom is 0.336 e. The van der Waals surface area contributed by atoms with Gasteiger partial charge in [0, 0.05) is 22.6 Å². The number of hydrogen-bond acceptors (Lipinski definition) is 5. The number of nitriles is 1. The molecule has 0 aliphatic heterocycles. The van der Waals surface area contributed by atoms with Crippen molar-refractivity contribution >= 4 is 33.4 Å². The first-order chi connectivity index (χ1) is 9.11. The SMILES string of the molecule is N#Cc1nccnc1Nc1ccc(Br)c(C(=O)O)c1. The number of nitrogens with one attached hydrogen (secondary N) is 1. The first-order valence-corrected chi connectivity index (χ1v) is 5.92. The van der Waals surface area contributed by atoms with E-state index < -0.39 is 5.97 Å². The van der Waals surface area contributed by atoms with Gasteiger partial charge in [-0.3, -0.25) is 0 Å². The Morgan fingerprint density at radius 2 is 2.11 bits per heavy atom. The van der Waals surface area contributed by atoms with Gasteiger partial charge in [-0.25, -0.2) is 14.8 Å². The zero-order chi connectivity index (χ0) is 13.8. The number of anilines is 2. The lowest BCUT2D eigenvalue weighted by atomic mass is 10.2. The Balaban J connectivity index is 2.37. The first kappa shape index (κ1) is 13.0. The number of carboxylic acid groups (broad SMARTS) is 1. The molecule has 0 aliphatic rings. The number of nitrogens with zero attached hydrogens (tertiary/aromatic N) is 3. The van der Waals surface area contributed by atoms with E-state index in [4.69, 9.17) is 10.4 Å².